The van der Waals surface area contributed by atoms with Crippen molar-refractivity contribution in [3.63, 3.8) is 0 Å². The van der Waals surface area contributed by atoms with E-state index >= 15 is 0 Å². The Kier molecular flexibility index (Phi) is 4.49. The molecule has 0 aliphatic rings. The number of benzene rings is 1. The van der Waals surface area contributed by atoms with Gasteiger partial charge < -0.3 is 5.73 Å². The second-order valence-electron chi connectivity index (χ2n) is 3.75. The molecule has 0 radical (unpaired) electrons. The lowest BCUT2D eigenvalue weighted by molar-refractivity contribution is 0.698. The van der Waals surface area contributed by atoms with Crippen molar-refractivity contribution in [2.45, 2.75) is 43.4 Å². The average molecular weight is 209 g/mol. The molecule has 1 rings (SSSR count). The molecule has 78 valence electrons. The molecule has 0 aliphatic heterocycles. The van der Waals surface area contributed by atoms with E-state index < -0.39 is 0 Å². The molecule has 0 aliphatic carbocycles. The zero-order valence-electron chi connectivity index (χ0n) is 9.16. The van der Waals surface area contributed by atoms with E-state index in [0.717, 1.165) is 6.42 Å². The number of hydrogen-bond donors (Lipinski definition) is 1. The van der Waals surface area contributed by atoms with E-state index in [1.165, 1.54) is 10.5 Å². The second-order valence-corrected chi connectivity index (χ2v) is 5.40. The van der Waals surface area contributed by atoms with Crippen LogP contribution in [0.25, 0.3) is 0 Å². The second kappa shape index (κ2) is 5.42. The minimum atomic E-state index is 0.188. The first-order valence-corrected chi connectivity index (χ1v) is 6.03. The van der Waals surface area contributed by atoms with Gasteiger partial charge in [0.05, 0.1) is 0 Å². The van der Waals surface area contributed by atoms with E-state index in [1.807, 2.05) is 11.8 Å². The van der Waals surface area contributed by atoms with Crippen LogP contribution >= 0.6 is 11.8 Å². The Morgan fingerprint density at radius 2 is 1.79 bits per heavy atom. The molecule has 1 nitrogen and oxygen atoms in total. The molecule has 2 heteroatoms. The van der Waals surface area contributed by atoms with Crippen molar-refractivity contribution in [1.29, 1.82) is 0 Å². The Bertz CT molecular complexity index is 266. The van der Waals surface area contributed by atoms with Crippen LogP contribution in [0.3, 0.4) is 0 Å². The monoisotopic (exact) mass is 209 g/mol. The molecule has 1 unspecified atom stereocenters. The van der Waals surface area contributed by atoms with Crippen LogP contribution in [-0.2, 0) is 0 Å². The number of nitrogens with two attached hydrogens (primary N) is 1. The van der Waals surface area contributed by atoms with Crippen LogP contribution < -0.4 is 5.73 Å². The van der Waals surface area contributed by atoms with Crippen LogP contribution in [0.5, 0.6) is 0 Å². The number of hydrogen-bond acceptors (Lipinski definition) is 2. The largest absolute Gasteiger partial charge is 0.324 e. The minimum Gasteiger partial charge on any atom is -0.324 e. The molecule has 1 aromatic rings. The summed E-state index contributed by atoms with van der Waals surface area (Å²) < 4.78 is 0. The first kappa shape index (κ1) is 11.6. The Balaban J connectivity index is 2.68. The van der Waals surface area contributed by atoms with Gasteiger partial charge in [0.2, 0.25) is 0 Å². The zero-order chi connectivity index (χ0) is 10.6. The zero-order valence-corrected chi connectivity index (χ0v) is 9.97. The van der Waals surface area contributed by atoms with E-state index in [-0.39, 0.29) is 6.04 Å². The Morgan fingerprint density at radius 1 is 1.21 bits per heavy atom. The predicted octanol–water partition coefficient (Wildman–Crippen LogP) is 3.60. The van der Waals surface area contributed by atoms with Gasteiger partial charge in [-0.25, -0.2) is 0 Å². The molecule has 0 amide bonds. The van der Waals surface area contributed by atoms with Crippen molar-refractivity contribution in [3.05, 3.63) is 29.8 Å². The third kappa shape index (κ3) is 3.35. The van der Waals surface area contributed by atoms with Gasteiger partial charge in [-0.05, 0) is 24.1 Å². The summed E-state index contributed by atoms with van der Waals surface area (Å²) in [6.45, 7) is 6.52. The van der Waals surface area contributed by atoms with Gasteiger partial charge >= 0.3 is 0 Å². The van der Waals surface area contributed by atoms with Crippen LogP contribution in [-0.4, -0.2) is 5.25 Å². The van der Waals surface area contributed by atoms with Crippen LogP contribution in [0.1, 0.15) is 38.8 Å². The van der Waals surface area contributed by atoms with Gasteiger partial charge in [0.25, 0.3) is 0 Å². The Labute approximate surface area is 91.1 Å². The molecule has 0 fully saturated rings. The Morgan fingerprint density at radius 3 is 2.21 bits per heavy atom. The third-order valence-electron chi connectivity index (χ3n) is 2.12. The molecule has 0 spiro atoms. The summed E-state index contributed by atoms with van der Waals surface area (Å²) in [6, 6.07) is 8.79. The van der Waals surface area contributed by atoms with Gasteiger partial charge in [-0.1, -0.05) is 32.9 Å². The number of thioether (sulfide) groups is 1. The molecule has 14 heavy (non-hydrogen) atoms. The summed E-state index contributed by atoms with van der Waals surface area (Å²) in [6.07, 6.45) is 0.997. The van der Waals surface area contributed by atoms with E-state index in [9.17, 15) is 0 Å². The summed E-state index contributed by atoms with van der Waals surface area (Å²) >= 11 is 1.89. The first-order chi connectivity index (χ1) is 6.63. The first-order valence-electron chi connectivity index (χ1n) is 5.15. The molecule has 1 aromatic carbocycles. The molecule has 0 aromatic heterocycles. The lowest BCUT2D eigenvalue weighted by Crippen LogP contribution is -2.08. The molecule has 0 heterocycles. The molecular formula is C12H19NS. The van der Waals surface area contributed by atoms with Crippen molar-refractivity contribution < 1.29 is 0 Å². The fourth-order valence-corrected chi connectivity index (χ4v) is 2.14. The van der Waals surface area contributed by atoms with Gasteiger partial charge in [-0.3, -0.25) is 0 Å². The summed E-state index contributed by atoms with van der Waals surface area (Å²) in [5.74, 6) is 0. The van der Waals surface area contributed by atoms with Gasteiger partial charge in [0.1, 0.15) is 0 Å². The van der Waals surface area contributed by atoms with Crippen molar-refractivity contribution in [3.8, 4) is 0 Å². The van der Waals surface area contributed by atoms with E-state index in [4.69, 9.17) is 5.73 Å². The normalized spacial score (nSPS) is 13.2. The molecule has 0 saturated heterocycles. The maximum Gasteiger partial charge on any atom is 0.0292 e. The smallest absolute Gasteiger partial charge is 0.0292 e. The summed E-state index contributed by atoms with van der Waals surface area (Å²) in [5, 5.41) is 0.640. The summed E-state index contributed by atoms with van der Waals surface area (Å²) in [4.78, 5) is 1.33. The van der Waals surface area contributed by atoms with Gasteiger partial charge in [-0.15, -0.1) is 11.8 Å². The molecule has 2 N–H and O–H groups in total. The molecular weight excluding hydrogens is 190 g/mol. The van der Waals surface area contributed by atoms with Crippen molar-refractivity contribution in [2.24, 2.45) is 5.73 Å². The average Bonchev–Trinajstić information content (AvgIpc) is 2.17. The van der Waals surface area contributed by atoms with Crippen LogP contribution in [0.15, 0.2) is 29.2 Å². The highest BCUT2D eigenvalue weighted by atomic mass is 32.2. The summed E-state index contributed by atoms with van der Waals surface area (Å²) in [7, 11) is 0. The quantitative estimate of drug-likeness (QED) is 0.767. The number of rotatable bonds is 4. The lowest BCUT2D eigenvalue weighted by atomic mass is 10.1. The maximum atomic E-state index is 5.94. The SMILES string of the molecule is CCC(N)c1ccc(SC(C)C)cc1. The van der Waals surface area contributed by atoms with Crippen molar-refractivity contribution in [1.82, 2.24) is 0 Å². The van der Waals surface area contributed by atoms with Gasteiger partial charge in [0.15, 0.2) is 0 Å². The fourth-order valence-electron chi connectivity index (χ4n) is 1.30. The van der Waals surface area contributed by atoms with E-state index in [1.54, 1.807) is 0 Å². The highest BCUT2D eigenvalue weighted by Crippen LogP contribution is 2.24. The maximum absolute atomic E-state index is 5.94. The van der Waals surface area contributed by atoms with Crippen LogP contribution in [0.2, 0.25) is 0 Å². The Hall–Kier alpha value is -0.470. The standard InChI is InChI=1S/C12H19NS/c1-4-12(13)10-5-7-11(8-6-10)14-9(2)3/h5-9,12H,4,13H2,1-3H3. The highest BCUT2D eigenvalue weighted by Gasteiger charge is 2.03. The molecule has 0 saturated carbocycles. The third-order valence-corrected chi connectivity index (χ3v) is 3.14. The predicted molar refractivity (Wildman–Crippen MR) is 64.7 cm³/mol. The molecule has 0 bridgehead atoms. The van der Waals surface area contributed by atoms with Crippen LogP contribution in [0.4, 0.5) is 0 Å². The fraction of sp³-hybridized carbons (Fsp3) is 0.500. The molecule has 1 atom stereocenters. The highest BCUT2D eigenvalue weighted by molar-refractivity contribution is 7.99. The van der Waals surface area contributed by atoms with E-state index in [2.05, 4.69) is 45.0 Å². The van der Waals surface area contributed by atoms with E-state index in [0.29, 0.717) is 5.25 Å². The lowest BCUT2D eigenvalue weighted by Gasteiger charge is -2.10. The minimum absolute atomic E-state index is 0.188. The van der Waals surface area contributed by atoms with Gasteiger partial charge in [0, 0.05) is 16.2 Å². The topological polar surface area (TPSA) is 26.0 Å². The van der Waals surface area contributed by atoms with Crippen molar-refractivity contribution >= 4 is 11.8 Å². The van der Waals surface area contributed by atoms with Gasteiger partial charge in [-0.2, -0.15) is 0 Å². The summed E-state index contributed by atoms with van der Waals surface area (Å²) in [5.41, 5.74) is 7.18. The van der Waals surface area contributed by atoms with Crippen LogP contribution in [0, 0.1) is 0 Å². The van der Waals surface area contributed by atoms with Crippen molar-refractivity contribution in [2.75, 3.05) is 0 Å².